The highest BCUT2D eigenvalue weighted by atomic mass is 35.5. The number of nitrogens with zero attached hydrogens (tertiary/aromatic N) is 4. The van der Waals surface area contributed by atoms with Crippen molar-refractivity contribution in [1.29, 1.82) is 0 Å². The standard InChI is InChI=1S/C26H23ClF2N4O4/c1-14-11-31-22(32-7-5-6-17(24(32)34)26(3,4)36)10-20(14)33-15(2)8-21(23(27)25(33)35)37-13-19-18(29)9-16(28)12-30-19/h5-12,36H,13H2,1-4H3/i13D2. The highest BCUT2D eigenvalue weighted by Gasteiger charge is 2.22. The molecule has 4 aromatic rings. The van der Waals surface area contributed by atoms with E-state index in [-0.39, 0.29) is 22.8 Å². The molecular weight excluding hydrogens is 506 g/mol. The normalized spacial score (nSPS) is 12.8. The molecule has 11 heteroatoms. The van der Waals surface area contributed by atoms with Crippen LogP contribution in [0.25, 0.3) is 11.5 Å². The molecule has 0 bridgehead atoms. The Labute approximate surface area is 218 Å². The Morgan fingerprint density at radius 1 is 1.14 bits per heavy atom. The smallest absolute Gasteiger partial charge is 0.277 e. The maximum atomic E-state index is 14.2. The van der Waals surface area contributed by atoms with E-state index in [1.165, 1.54) is 60.5 Å². The summed E-state index contributed by atoms with van der Waals surface area (Å²) in [5.74, 6) is -2.48. The van der Waals surface area contributed by atoms with Gasteiger partial charge in [-0.2, -0.15) is 0 Å². The van der Waals surface area contributed by atoms with Crippen molar-refractivity contribution in [1.82, 2.24) is 19.1 Å². The lowest BCUT2D eigenvalue weighted by molar-refractivity contribution is 0.0767. The van der Waals surface area contributed by atoms with E-state index in [4.69, 9.17) is 19.1 Å². The molecule has 0 saturated heterocycles. The summed E-state index contributed by atoms with van der Waals surface area (Å²) in [6.07, 6.45) is 3.57. The second kappa shape index (κ2) is 9.87. The maximum Gasteiger partial charge on any atom is 0.277 e. The van der Waals surface area contributed by atoms with E-state index < -0.39 is 45.6 Å². The summed E-state index contributed by atoms with van der Waals surface area (Å²) in [7, 11) is 0. The zero-order valence-corrected chi connectivity index (χ0v) is 21.0. The molecule has 1 N–H and O–H groups in total. The van der Waals surface area contributed by atoms with Gasteiger partial charge >= 0.3 is 0 Å². The fourth-order valence-electron chi connectivity index (χ4n) is 3.66. The van der Waals surface area contributed by atoms with E-state index in [1.54, 1.807) is 13.0 Å². The molecule has 37 heavy (non-hydrogen) atoms. The lowest BCUT2D eigenvalue weighted by atomic mass is 10.0. The highest BCUT2D eigenvalue weighted by molar-refractivity contribution is 6.31. The van der Waals surface area contributed by atoms with Crippen molar-refractivity contribution in [3.8, 4) is 17.3 Å². The summed E-state index contributed by atoms with van der Waals surface area (Å²) in [6.45, 7) is 3.31. The average molecular weight is 531 g/mol. The van der Waals surface area contributed by atoms with Gasteiger partial charge in [0.15, 0.2) is 5.82 Å². The first-order valence-electron chi connectivity index (χ1n) is 12.0. The van der Waals surface area contributed by atoms with Crippen LogP contribution in [0.2, 0.25) is 5.02 Å². The Hall–Kier alpha value is -3.89. The van der Waals surface area contributed by atoms with E-state index in [1.807, 2.05) is 0 Å². The molecule has 0 unspecified atom stereocenters. The molecule has 8 nitrogen and oxygen atoms in total. The van der Waals surface area contributed by atoms with Crippen LogP contribution >= 0.6 is 11.6 Å². The third-order valence-corrected chi connectivity index (χ3v) is 5.87. The van der Waals surface area contributed by atoms with E-state index in [0.717, 1.165) is 0 Å². The number of hydrogen-bond donors (Lipinski definition) is 1. The van der Waals surface area contributed by atoms with Gasteiger partial charge in [-0.25, -0.2) is 13.8 Å². The summed E-state index contributed by atoms with van der Waals surface area (Å²) in [6, 6.07) is 6.33. The van der Waals surface area contributed by atoms with Crippen LogP contribution in [-0.2, 0) is 12.2 Å². The van der Waals surface area contributed by atoms with E-state index >= 15 is 0 Å². The number of aliphatic hydroxyl groups is 1. The van der Waals surface area contributed by atoms with Crippen molar-refractivity contribution >= 4 is 11.6 Å². The summed E-state index contributed by atoms with van der Waals surface area (Å²) < 4.78 is 51.3. The second-order valence-electron chi connectivity index (χ2n) is 8.78. The maximum absolute atomic E-state index is 14.2. The van der Waals surface area contributed by atoms with Crippen LogP contribution in [0.3, 0.4) is 0 Å². The predicted molar refractivity (Wildman–Crippen MR) is 134 cm³/mol. The first-order valence-corrected chi connectivity index (χ1v) is 11.3. The molecule has 0 atom stereocenters. The molecule has 0 amide bonds. The van der Waals surface area contributed by atoms with Crippen molar-refractivity contribution in [2.75, 3.05) is 0 Å². The van der Waals surface area contributed by atoms with Crippen LogP contribution in [0.4, 0.5) is 8.78 Å². The molecule has 0 saturated carbocycles. The number of ether oxygens (including phenoxy) is 1. The first-order chi connectivity index (χ1) is 18.1. The molecule has 0 aliphatic rings. The van der Waals surface area contributed by atoms with Gasteiger partial charge in [-0.1, -0.05) is 11.6 Å². The highest BCUT2D eigenvalue weighted by Crippen LogP contribution is 2.26. The van der Waals surface area contributed by atoms with Crippen molar-refractivity contribution in [2.45, 2.75) is 39.9 Å². The van der Waals surface area contributed by atoms with Crippen molar-refractivity contribution in [3.05, 3.63) is 109 Å². The second-order valence-corrected chi connectivity index (χ2v) is 9.16. The lowest BCUT2D eigenvalue weighted by Gasteiger charge is -2.19. The van der Waals surface area contributed by atoms with Gasteiger partial charge < -0.3 is 9.84 Å². The van der Waals surface area contributed by atoms with Crippen molar-refractivity contribution < 1.29 is 21.4 Å². The third-order valence-electron chi connectivity index (χ3n) is 5.52. The van der Waals surface area contributed by atoms with Crippen molar-refractivity contribution in [3.63, 3.8) is 0 Å². The lowest BCUT2D eigenvalue weighted by Crippen LogP contribution is -2.31. The number of hydrogen-bond acceptors (Lipinski definition) is 6. The van der Waals surface area contributed by atoms with E-state index in [2.05, 4.69) is 9.97 Å². The third kappa shape index (κ3) is 5.16. The molecular formula is C26H23ClF2N4O4. The number of halogens is 3. The van der Waals surface area contributed by atoms with Crippen LogP contribution in [0.5, 0.6) is 5.75 Å². The molecule has 0 spiro atoms. The van der Waals surface area contributed by atoms with Crippen LogP contribution in [0.1, 0.15) is 39.1 Å². The average Bonchev–Trinajstić information content (AvgIpc) is 2.82. The van der Waals surface area contributed by atoms with Gasteiger partial charge in [0.25, 0.3) is 11.1 Å². The predicted octanol–water partition coefficient (Wildman–Crippen LogP) is 4.13. The quantitative estimate of drug-likeness (QED) is 0.402. The molecule has 0 aliphatic heterocycles. The Morgan fingerprint density at radius 3 is 2.54 bits per heavy atom. The van der Waals surface area contributed by atoms with Crippen LogP contribution in [0, 0.1) is 25.5 Å². The minimum absolute atomic E-state index is 0.146. The summed E-state index contributed by atoms with van der Waals surface area (Å²) >= 11 is 6.29. The largest absolute Gasteiger partial charge is 0.485 e. The van der Waals surface area contributed by atoms with Gasteiger partial charge in [0.2, 0.25) is 0 Å². The minimum atomic E-state index is -2.89. The van der Waals surface area contributed by atoms with E-state index in [9.17, 15) is 23.5 Å². The molecule has 0 radical (unpaired) electrons. The van der Waals surface area contributed by atoms with Gasteiger partial charge in [-0.15, -0.1) is 0 Å². The Morgan fingerprint density at radius 2 is 1.86 bits per heavy atom. The molecule has 4 heterocycles. The van der Waals surface area contributed by atoms with Gasteiger partial charge in [0.1, 0.15) is 34.7 Å². The Bertz CT molecular complexity index is 1720. The van der Waals surface area contributed by atoms with Gasteiger partial charge in [-0.3, -0.25) is 23.7 Å². The van der Waals surface area contributed by atoms with Gasteiger partial charge in [0, 0.05) is 41.9 Å². The molecule has 4 rings (SSSR count). The number of pyridine rings is 4. The number of aromatic nitrogens is 4. The Balaban J connectivity index is 1.81. The molecule has 0 fully saturated rings. The molecule has 192 valence electrons. The van der Waals surface area contributed by atoms with E-state index in [0.29, 0.717) is 23.5 Å². The van der Waals surface area contributed by atoms with Crippen LogP contribution in [-0.4, -0.2) is 24.2 Å². The van der Waals surface area contributed by atoms with Gasteiger partial charge in [0.05, 0.1) is 20.2 Å². The van der Waals surface area contributed by atoms with Crippen molar-refractivity contribution in [2.24, 2.45) is 0 Å². The SMILES string of the molecule is [2H]C([2H])(Oc1cc(C)n(-c2cc(-n3cccc(C(C)(C)O)c3=O)ncc2C)c(=O)c1Cl)c1ncc(F)cc1F. The zero-order valence-electron chi connectivity index (χ0n) is 22.2. The zero-order chi connectivity index (χ0) is 28.9. The number of aryl methyl sites for hydroxylation is 2. The van der Waals surface area contributed by atoms with Crippen LogP contribution in [0.15, 0.2) is 58.5 Å². The fourth-order valence-corrected chi connectivity index (χ4v) is 3.84. The summed E-state index contributed by atoms with van der Waals surface area (Å²) in [5, 5.41) is 9.85. The summed E-state index contributed by atoms with van der Waals surface area (Å²) in [4.78, 5) is 34.1. The van der Waals surface area contributed by atoms with Gasteiger partial charge in [-0.05, 0) is 45.4 Å². The summed E-state index contributed by atoms with van der Waals surface area (Å²) in [5.41, 5.74) is -2.22. The Kier molecular flexibility index (Phi) is 6.27. The van der Waals surface area contributed by atoms with Crippen LogP contribution < -0.4 is 15.9 Å². The monoisotopic (exact) mass is 530 g/mol. The molecule has 0 aromatic carbocycles. The first kappa shape index (κ1) is 23.5. The molecule has 0 aliphatic carbocycles. The minimum Gasteiger partial charge on any atom is -0.485 e. The fraction of sp³-hybridized carbons (Fsp3) is 0.231. The molecule has 4 aromatic heterocycles. The number of rotatable bonds is 6. The topological polar surface area (TPSA) is 99.2 Å².